The summed E-state index contributed by atoms with van der Waals surface area (Å²) in [5, 5.41) is 6.68. The van der Waals surface area contributed by atoms with Crippen LogP contribution in [-0.2, 0) is 25.4 Å². The maximum atomic E-state index is 13.6. The zero-order valence-electron chi connectivity index (χ0n) is 17.3. The second-order valence-corrected chi connectivity index (χ2v) is 7.77. The van der Waals surface area contributed by atoms with Crippen molar-refractivity contribution in [1.29, 1.82) is 0 Å². The summed E-state index contributed by atoms with van der Waals surface area (Å²) in [4.78, 5) is 6.92. The second kappa shape index (κ2) is 11.7. The highest BCUT2D eigenvalue weighted by atomic mass is 32.2. The molecule has 0 spiro atoms. The zero-order chi connectivity index (χ0) is 20.4. The Morgan fingerprint density at radius 2 is 1.79 bits per heavy atom. The Bertz CT molecular complexity index is 777. The average Bonchev–Trinajstić information content (AvgIpc) is 2.66. The number of rotatable bonds is 9. The fourth-order valence-electron chi connectivity index (χ4n) is 2.95. The van der Waals surface area contributed by atoms with Gasteiger partial charge in [-0.15, -0.1) is 0 Å². The van der Waals surface area contributed by atoms with Gasteiger partial charge in [0.15, 0.2) is 5.96 Å². The van der Waals surface area contributed by atoms with Gasteiger partial charge in [-0.3, -0.25) is 0 Å². The summed E-state index contributed by atoms with van der Waals surface area (Å²) in [5.74, 6) is 1.37. The van der Waals surface area contributed by atoms with Gasteiger partial charge in [0.05, 0.1) is 6.54 Å². The third-order valence-corrected chi connectivity index (χ3v) is 4.87. The monoisotopic (exact) mass is 402 g/mol. The van der Waals surface area contributed by atoms with Crippen LogP contribution in [0, 0.1) is 5.82 Å². The Hall–Kier alpha value is -2.05. The first-order valence-corrected chi connectivity index (χ1v) is 10.9. The standard InChI is InChI=1S/C22H31FN4S/c1-5-24-22(25-13-17-8-6-7-9-19(17)15-27(2)3)26-14-18-10-11-21(23)12-20(18)16-28-4/h6-12H,5,13-16H2,1-4H3,(H2,24,25,26). The van der Waals surface area contributed by atoms with E-state index in [-0.39, 0.29) is 5.82 Å². The van der Waals surface area contributed by atoms with Gasteiger partial charge in [0, 0.05) is 25.4 Å². The minimum Gasteiger partial charge on any atom is -0.357 e. The molecule has 0 aliphatic carbocycles. The smallest absolute Gasteiger partial charge is 0.191 e. The first kappa shape index (κ1) is 22.2. The molecule has 0 unspecified atom stereocenters. The predicted octanol–water partition coefficient (Wildman–Crippen LogP) is 4.01. The normalized spacial score (nSPS) is 11.7. The summed E-state index contributed by atoms with van der Waals surface area (Å²) >= 11 is 1.69. The molecule has 28 heavy (non-hydrogen) atoms. The Morgan fingerprint density at radius 1 is 1.04 bits per heavy atom. The molecule has 0 saturated heterocycles. The molecule has 2 N–H and O–H groups in total. The number of hydrogen-bond donors (Lipinski definition) is 2. The van der Waals surface area contributed by atoms with Crippen molar-refractivity contribution in [3.05, 3.63) is 70.5 Å². The van der Waals surface area contributed by atoms with E-state index in [2.05, 4.69) is 53.9 Å². The maximum absolute atomic E-state index is 13.6. The molecule has 0 heterocycles. The lowest BCUT2D eigenvalue weighted by atomic mass is 10.1. The molecule has 2 aromatic carbocycles. The summed E-state index contributed by atoms with van der Waals surface area (Å²) in [7, 11) is 4.14. The van der Waals surface area contributed by atoms with E-state index >= 15 is 0 Å². The summed E-state index contributed by atoms with van der Waals surface area (Å²) in [6.45, 7) is 4.95. The molecular formula is C22H31FN4S. The molecule has 152 valence electrons. The highest BCUT2D eigenvalue weighted by molar-refractivity contribution is 7.97. The molecule has 2 aromatic rings. The lowest BCUT2D eigenvalue weighted by molar-refractivity contribution is 0.401. The Labute approximate surface area is 172 Å². The van der Waals surface area contributed by atoms with Gasteiger partial charge in [-0.05, 0) is 61.7 Å². The predicted molar refractivity (Wildman–Crippen MR) is 119 cm³/mol. The number of hydrogen-bond acceptors (Lipinski definition) is 3. The Morgan fingerprint density at radius 3 is 2.46 bits per heavy atom. The summed E-state index contributed by atoms with van der Waals surface area (Å²) in [5.41, 5.74) is 4.62. The third kappa shape index (κ3) is 7.17. The van der Waals surface area contributed by atoms with Crippen LogP contribution in [0.2, 0.25) is 0 Å². The van der Waals surface area contributed by atoms with Crippen LogP contribution in [0.15, 0.2) is 47.5 Å². The number of nitrogens with one attached hydrogen (secondary N) is 2. The van der Waals surface area contributed by atoms with Crippen LogP contribution in [0.4, 0.5) is 4.39 Å². The number of halogens is 1. The lowest BCUT2D eigenvalue weighted by Gasteiger charge is -2.15. The highest BCUT2D eigenvalue weighted by Gasteiger charge is 2.07. The van der Waals surface area contributed by atoms with E-state index in [0.717, 1.165) is 35.9 Å². The van der Waals surface area contributed by atoms with Gasteiger partial charge in [-0.25, -0.2) is 9.38 Å². The van der Waals surface area contributed by atoms with Gasteiger partial charge in [0.25, 0.3) is 0 Å². The molecule has 4 nitrogen and oxygen atoms in total. The minimum absolute atomic E-state index is 0.189. The van der Waals surface area contributed by atoms with Crippen molar-refractivity contribution in [3.63, 3.8) is 0 Å². The molecule has 6 heteroatoms. The molecule has 0 atom stereocenters. The van der Waals surface area contributed by atoms with Crippen molar-refractivity contribution < 1.29 is 4.39 Å². The fourth-order valence-corrected chi connectivity index (χ4v) is 3.53. The fraction of sp³-hybridized carbons (Fsp3) is 0.409. The van der Waals surface area contributed by atoms with Crippen LogP contribution < -0.4 is 10.6 Å². The van der Waals surface area contributed by atoms with Crippen LogP contribution in [0.1, 0.15) is 29.2 Å². The van der Waals surface area contributed by atoms with Crippen molar-refractivity contribution in [3.8, 4) is 0 Å². The van der Waals surface area contributed by atoms with E-state index in [1.807, 2.05) is 19.2 Å². The van der Waals surface area contributed by atoms with Gasteiger partial charge in [-0.1, -0.05) is 30.3 Å². The second-order valence-electron chi connectivity index (χ2n) is 6.90. The van der Waals surface area contributed by atoms with E-state index in [4.69, 9.17) is 4.99 Å². The number of benzene rings is 2. The van der Waals surface area contributed by atoms with E-state index < -0.39 is 0 Å². The molecule has 0 aliphatic heterocycles. The molecule has 0 aliphatic rings. The van der Waals surface area contributed by atoms with Crippen molar-refractivity contribution in [2.24, 2.45) is 4.99 Å². The number of nitrogens with zero attached hydrogens (tertiary/aromatic N) is 2. The SMILES string of the molecule is CCNC(=NCc1ccccc1CN(C)C)NCc1ccc(F)cc1CSC. The quantitative estimate of drug-likeness (QED) is 0.491. The van der Waals surface area contributed by atoms with Crippen LogP contribution in [0.5, 0.6) is 0 Å². The molecule has 0 saturated carbocycles. The zero-order valence-corrected chi connectivity index (χ0v) is 18.1. The summed E-state index contributed by atoms with van der Waals surface area (Å²) < 4.78 is 13.6. The van der Waals surface area contributed by atoms with Crippen molar-refractivity contribution in [2.75, 3.05) is 26.9 Å². The van der Waals surface area contributed by atoms with E-state index in [0.29, 0.717) is 13.1 Å². The molecule has 0 amide bonds. The number of thioether (sulfide) groups is 1. The molecule has 0 bridgehead atoms. The molecule has 0 aromatic heterocycles. The van der Waals surface area contributed by atoms with Crippen LogP contribution in [0.25, 0.3) is 0 Å². The molecule has 0 fully saturated rings. The highest BCUT2D eigenvalue weighted by Crippen LogP contribution is 2.17. The maximum Gasteiger partial charge on any atom is 0.191 e. The van der Waals surface area contributed by atoms with E-state index in [1.165, 1.54) is 17.2 Å². The van der Waals surface area contributed by atoms with Gasteiger partial charge in [0.2, 0.25) is 0 Å². The van der Waals surface area contributed by atoms with Crippen molar-refractivity contribution >= 4 is 17.7 Å². The third-order valence-electron chi connectivity index (χ3n) is 4.27. The number of guanidine groups is 1. The summed E-state index contributed by atoms with van der Waals surface area (Å²) in [6.07, 6.45) is 2.03. The van der Waals surface area contributed by atoms with Gasteiger partial charge >= 0.3 is 0 Å². The molecule has 0 radical (unpaired) electrons. The lowest BCUT2D eigenvalue weighted by Crippen LogP contribution is -2.37. The molecule has 2 rings (SSSR count). The van der Waals surface area contributed by atoms with Crippen molar-refractivity contribution in [2.45, 2.75) is 32.3 Å². The first-order chi connectivity index (χ1) is 13.5. The first-order valence-electron chi connectivity index (χ1n) is 9.53. The van der Waals surface area contributed by atoms with Crippen LogP contribution in [0.3, 0.4) is 0 Å². The Kier molecular flexibility index (Phi) is 9.31. The largest absolute Gasteiger partial charge is 0.357 e. The van der Waals surface area contributed by atoms with Crippen molar-refractivity contribution in [1.82, 2.24) is 15.5 Å². The summed E-state index contributed by atoms with van der Waals surface area (Å²) in [6, 6.07) is 13.4. The van der Waals surface area contributed by atoms with Gasteiger partial charge in [-0.2, -0.15) is 11.8 Å². The number of aliphatic imine (C=N–C) groups is 1. The van der Waals surface area contributed by atoms with E-state index in [1.54, 1.807) is 17.8 Å². The topological polar surface area (TPSA) is 39.7 Å². The van der Waals surface area contributed by atoms with E-state index in [9.17, 15) is 4.39 Å². The van der Waals surface area contributed by atoms with Gasteiger partial charge in [0.1, 0.15) is 5.82 Å². The van der Waals surface area contributed by atoms with Crippen LogP contribution >= 0.6 is 11.8 Å². The van der Waals surface area contributed by atoms with Crippen LogP contribution in [-0.4, -0.2) is 37.8 Å². The average molecular weight is 403 g/mol. The minimum atomic E-state index is -0.189. The van der Waals surface area contributed by atoms with Gasteiger partial charge < -0.3 is 15.5 Å². The Balaban J connectivity index is 2.10. The molecular weight excluding hydrogens is 371 g/mol.